The molecule has 2 aliphatic heterocycles. The summed E-state index contributed by atoms with van der Waals surface area (Å²) in [6, 6.07) is 5.44. The molecule has 1 unspecified atom stereocenters. The number of hydrogen-bond donors (Lipinski definition) is 4. The molecule has 4 amide bonds. The average molecular weight is 502 g/mol. The smallest absolute Gasteiger partial charge is 0.246 e. The SMILES string of the molecule is CC[C@H](N)C(=O)NC1C(=O)N2[C@@H](CC[C@@H]1CNC(C)=O)CC[C@H]2C(=O)NCCc1ccc(OC)cc1. The zero-order chi connectivity index (χ0) is 26.2. The molecule has 5 atom stereocenters. The lowest BCUT2D eigenvalue weighted by atomic mass is 9.92. The second-order valence-electron chi connectivity index (χ2n) is 9.66. The second-order valence-corrected chi connectivity index (χ2v) is 9.66. The van der Waals surface area contributed by atoms with E-state index >= 15 is 0 Å². The van der Waals surface area contributed by atoms with E-state index < -0.39 is 24.0 Å². The Kier molecular flexibility index (Phi) is 9.69. The molecule has 0 aliphatic carbocycles. The van der Waals surface area contributed by atoms with E-state index in [1.165, 1.54) is 6.92 Å². The molecule has 5 N–H and O–H groups in total. The van der Waals surface area contributed by atoms with Crippen LogP contribution in [0.2, 0.25) is 0 Å². The van der Waals surface area contributed by atoms with Crippen molar-refractivity contribution in [3.05, 3.63) is 29.8 Å². The maximum Gasteiger partial charge on any atom is 0.246 e. The summed E-state index contributed by atoms with van der Waals surface area (Å²) >= 11 is 0. The van der Waals surface area contributed by atoms with E-state index in [9.17, 15) is 19.2 Å². The second kappa shape index (κ2) is 12.7. The largest absolute Gasteiger partial charge is 0.497 e. The van der Waals surface area contributed by atoms with E-state index in [0.717, 1.165) is 17.7 Å². The minimum Gasteiger partial charge on any atom is -0.497 e. The molecule has 198 valence electrons. The minimum absolute atomic E-state index is 0.0728. The molecule has 0 radical (unpaired) electrons. The van der Waals surface area contributed by atoms with Gasteiger partial charge in [0.25, 0.3) is 0 Å². The molecule has 10 heteroatoms. The molecule has 0 bridgehead atoms. The van der Waals surface area contributed by atoms with Gasteiger partial charge in [-0.15, -0.1) is 0 Å². The van der Waals surface area contributed by atoms with Gasteiger partial charge in [-0.25, -0.2) is 0 Å². The summed E-state index contributed by atoms with van der Waals surface area (Å²) in [6.45, 7) is 3.94. The fourth-order valence-electron chi connectivity index (χ4n) is 5.05. The Balaban J connectivity index is 1.69. The number of amides is 4. The van der Waals surface area contributed by atoms with Crippen LogP contribution in [0.3, 0.4) is 0 Å². The molecule has 0 aromatic heterocycles. The first-order chi connectivity index (χ1) is 17.2. The summed E-state index contributed by atoms with van der Waals surface area (Å²) in [6.07, 6.45) is 3.75. The van der Waals surface area contributed by atoms with E-state index in [1.807, 2.05) is 24.3 Å². The molecule has 2 heterocycles. The maximum atomic E-state index is 13.8. The lowest BCUT2D eigenvalue weighted by molar-refractivity contribution is -0.143. The Morgan fingerprint density at radius 2 is 1.81 bits per heavy atom. The number of hydrogen-bond acceptors (Lipinski definition) is 6. The lowest BCUT2D eigenvalue weighted by Crippen LogP contribution is -2.59. The first kappa shape index (κ1) is 27.4. The Morgan fingerprint density at radius 1 is 1.11 bits per heavy atom. The van der Waals surface area contributed by atoms with E-state index in [1.54, 1.807) is 18.9 Å². The molecular weight excluding hydrogens is 462 g/mol. The molecular formula is C26H39N5O5. The topological polar surface area (TPSA) is 143 Å². The number of carbonyl (C=O) groups excluding carboxylic acids is 4. The van der Waals surface area contributed by atoms with Crippen molar-refractivity contribution in [1.82, 2.24) is 20.9 Å². The highest BCUT2D eigenvalue weighted by Gasteiger charge is 2.47. The maximum absolute atomic E-state index is 13.8. The molecule has 1 aromatic rings. The zero-order valence-corrected chi connectivity index (χ0v) is 21.4. The van der Waals surface area contributed by atoms with E-state index in [2.05, 4.69) is 16.0 Å². The van der Waals surface area contributed by atoms with Crippen molar-refractivity contribution < 1.29 is 23.9 Å². The predicted octanol–water partition coefficient (Wildman–Crippen LogP) is 0.482. The zero-order valence-electron chi connectivity index (χ0n) is 21.4. The van der Waals surface area contributed by atoms with Gasteiger partial charge in [0.1, 0.15) is 17.8 Å². The van der Waals surface area contributed by atoms with Crippen molar-refractivity contribution in [1.29, 1.82) is 0 Å². The first-order valence-corrected chi connectivity index (χ1v) is 12.8. The van der Waals surface area contributed by atoms with Gasteiger partial charge in [-0.2, -0.15) is 0 Å². The highest BCUT2D eigenvalue weighted by molar-refractivity contribution is 5.94. The summed E-state index contributed by atoms with van der Waals surface area (Å²) in [7, 11) is 1.62. The quantitative estimate of drug-likeness (QED) is 0.367. The minimum atomic E-state index is -0.848. The van der Waals surface area contributed by atoms with Gasteiger partial charge in [0.2, 0.25) is 23.6 Å². The standard InChI is InChI=1S/C26H39N5O5/c1-4-21(27)24(33)30-23-18(15-29-16(2)32)7-8-19-9-12-22(31(19)26(23)35)25(34)28-14-13-17-5-10-20(36-3)11-6-17/h5-6,10-11,18-19,21-23H,4,7-9,12-15,27H2,1-3H3,(H,28,34)(H,29,32)(H,30,33)/t18-,19+,21+,22+,23?/m1/s1. The number of ether oxygens (including phenoxy) is 1. The summed E-state index contributed by atoms with van der Waals surface area (Å²) in [5.41, 5.74) is 6.98. The third-order valence-corrected chi connectivity index (χ3v) is 7.23. The lowest BCUT2D eigenvalue weighted by Gasteiger charge is -2.32. The Hall–Kier alpha value is -3.14. The average Bonchev–Trinajstić information content (AvgIpc) is 3.25. The van der Waals surface area contributed by atoms with Crippen molar-refractivity contribution >= 4 is 23.6 Å². The van der Waals surface area contributed by atoms with Crippen LogP contribution in [0.5, 0.6) is 5.75 Å². The normalized spacial score (nSPS) is 24.3. The molecule has 1 aromatic carbocycles. The third kappa shape index (κ3) is 6.75. The molecule has 10 nitrogen and oxygen atoms in total. The Labute approximate surface area is 212 Å². The first-order valence-electron chi connectivity index (χ1n) is 12.8. The van der Waals surface area contributed by atoms with Gasteiger partial charge >= 0.3 is 0 Å². The van der Waals surface area contributed by atoms with Crippen LogP contribution in [-0.2, 0) is 25.6 Å². The molecule has 0 saturated carbocycles. The van der Waals surface area contributed by atoms with Crippen LogP contribution in [-0.4, -0.2) is 72.9 Å². The van der Waals surface area contributed by atoms with E-state index in [-0.39, 0.29) is 36.2 Å². The molecule has 2 fully saturated rings. The number of rotatable bonds is 10. The number of nitrogens with two attached hydrogens (primary N) is 1. The number of fused-ring (bicyclic) bond motifs is 1. The van der Waals surface area contributed by atoms with Crippen LogP contribution in [0, 0.1) is 5.92 Å². The summed E-state index contributed by atoms with van der Waals surface area (Å²) in [4.78, 5) is 52.7. The monoisotopic (exact) mass is 501 g/mol. The fourth-order valence-corrected chi connectivity index (χ4v) is 5.05. The van der Waals surface area contributed by atoms with Gasteiger partial charge in [0.15, 0.2) is 0 Å². The Morgan fingerprint density at radius 3 is 2.44 bits per heavy atom. The molecule has 36 heavy (non-hydrogen) atoms. The number of carbonyl (C=O) groups is 4. The van der Waals surface area contributed by atoms with Crippen molar-refractivity contribution in [2.24, 2.45) is 11.7 Å². The molecule has 2 aliphatic rings. The van der Waals surface area contributed by atoms with Crippen molar-refractivity contribution in [2.45, 2.75) is 76.5 Å². The number of nitrogens with zero attached hydrogens (tertiary/aromatic N) is 1. The highest BCUT2D eigenvalue weighted by Crippen LogP contribution is 2.34. The van der Waals surface area contributed by atoms with Crippen LogP contribution in [0.1, 0.15) is 51.5 Å². The van der Waals surface area contributed by atoms with Crippen molar-refractivity contribution in [2.75, 3.05) is 20.2 Å². The summed E-state index contributed by atoms with van der Waals surface area (Å²) < 4.78 is 5.18. The Bertz CT molecular complexity index is 937. The molecule has 3 rings (SSSR count). The highest BCUT2D eigenvalue weighted by atomic mass is 16.5. The van der Waals surface area contributed by atoms with Crippen LogP contribution in [0.15, 0.2) is 24.3 Å². The van der Waals surface area contributed by atoms with Crippen LogP contribution >= 0.6 is 0 Å². The molecule has 0 spiro atoms. The van der Waals surface area contributed by atoms with Crippen LogP contribution in [0.25, 0.3) is 0 Å². The molecule has 2 saturated heterocycles. The predicted molar refractivity (Wildman–Crippen MR) is 135 cm³/mol. The number of nitrogens with one attached hydrogen (secondary N) is 3. The summed E-state index contributed by atoms with van der Waals surface area (Å²) in [5.74, 6) is -0.567. The van der Waals surface area contributed by atoms with Gasteiger partial charge in [0, 0.05) is 32.0 Å². The van der Waals surface area contributed by atoms with Crippen molar-refractivity contribution in [3.63, 3.8) is 0 Å². The van der Waals surface area contributed by atoms with Gasteiger partial charge in [0.05, 0.1) is 13.2 Å². The van der Waals surface area contributed by atoms with E-state index in [0.29, 0.717) is 38.6 Å². The van der Waals surface area contributed by atoms with Gasteiger partial charge in [-0.3, -0.25) is 19.2 Å². The number of benzene rings is 1. The van der Waals surface area contributed by atoms with Crippen LogP contribution in [0.4, 0.5) is 0 Å². The van der Waals surface area contributed by atoms with Gasteiger partial charge in [-0.1, -0.05) is 19.1 Å². The fraction of sp³-hybridized carbons (Fsp3) is 0.615. The van der Waals surface area contributed by atoms with Gasteiger partial charge < -0.3 is 31.3 Å². The number of methoxy groups -OCH3 is 1. The van der Waals surface area contributed by atoms with Crippen LogP contribution < -0.4 is 26.4 Å². The van der Waals surface area contributed by atoms with Crippen molar-refractivity contribution in [3.8, 4) is 5.75 Å². The summed E-state index contributed by atoms with van der Waals surface area (Å²) in [5, 5.41) is 8.59. The third-order valence-electron chi connectivity index (χ3n) is 7.23. The van der Waals surface area contributed by atoms with Gasteiger partial charge in [-0.05, 0) is 56.2 Å². The van der Waals surface area contributed by atoms with E-state index in [4.69, 9.17) is 10.5 Å².